The Hall–Kier alpha value is -3.29. The van der Waals surface area contributed by atoms with Gasteiger partial charge in [-0.3, -0.25) is 14.6 Å². The molecule has 3 atom stereocenters. The molecule has 1 aromatic carbocycles. The topological polar surface area (TPSA) is 98.1 Å². The fourth-order valence-corrected chi connectivity index (χ4v) is 5.33. The minimum atomic E-state index is -1.01. The first-order valence-electron chi connectivity index (χ1n) is 11.4. The number of amides is 1. The third kappa shape index (κ3) is 4.17. The van der Waals surface area contributed by atoms with Crippen LogP contribution in [0.5, 0.6) is 5.75 Å². The Balaban J connectivity index is 1.88. The lowest BCUT2D eigenvalue weighted by Crippen LogP contribution is -2.31. The smallest absolute Gasteiger partial charge is 0.268 e. The van der Waals surface area contributed by atoms with Gasteiger partial charge in [-0.1, -0.05) is 26.8 Å². The highest BCUT2D eigenvalue weighted by Gasteiger charge is 2.39. The number of ether oxygens (including phenoxy) is 1. The molecule has 1 aliphatic carbocycles. The lowest BCUT2D eigenvalue weighted by Gasteiger charge is -2.42. The number of H-pyrrole nitrogens is 1. The highest BCUT2D eigenvalue weighted by Crippen LogP contribution is 2.52. The predicted molar refractivity (Wildman–Crippen MR) is 126 cm³/mol. The van der Waals surface area contributed by atoms with E-state index in [0.29, 0.717) is 22.7 Å². The van der Waals surface area contributed by atoms with E-state index in [2.05, 4.69) is 30.7 Å². The summed E-state index contributed by atoms with van der Waals surface area (Å²) in [6.45, 7) is 6.52. The first-order chi connectivity index (χ1) is 16.0. The number of pyridine rings is 2. The molecule has 34 heavy (non-hydrogen) atoms. The van der Waals surface area contributed by atoms with Gasteiger partial charge in [0.15, 0.2) is 17.0 Å². The third-order valence-corrected chi connectivity index (χ3v) is 7.15. The fraction of sp³-hybridized carbons (Fsp3) is 0.423. The number of carbonyl (C=O) groups excluding carboxylic acids is 1. The Morgan fingerprint density at radius 1 is 1.18 bits per heavy atom. The maximum atomic E-state index is 14.7. The number of nitrogens with two attached hydrogens (primary N) is 1. The van der Waals surface area contributed by atoms with E-state index in [1.54, 1.807) is 12.1 Å². The van der Waals surface area contributed by atoms with Crippen LogP contribution in [0.4, 0.5) is 8.78 Å². The Kier molecular flexibility index (Phi) is 6.18. The monoisotopic (exact) mass is 469 g/mol. The molecular formula is C26H29F2N3O3. The van der Waals surface area contributed by atoms with Gasteiger partial charge in [0.2, 0.25) is 5.82 Å². The van der Waals surface area contributed by atoms with E-state index in [1.165, 1.54) is 19.4 Å². The van der Waals surface area contributed by atoms with Crippen LogP contribution in [0.25, 0.3) is 10.9 Å². The average Bonchev–Trinajstić information content (AvgIpc) is 2.79. The molecule has 6 nitrogen and oxygen atoms in total. The van der Waals surface area contributed by atoms with Gasteiger partial charge in [0.1, 0.15) is 5.69 Å². The van der Waals surface area contributed by atoms with Crippen molar-refractivity contribution in [1.82, 2.24) is 9.97 Å². The fourth-order valence-electron chi connectivity index (χ4n) is 5.33. The van der Waals surface area contributed by atoms with Crippen LogP contribution in [0.2, 0.25) is 0 Å². The predicted octanol–water partition coefficient (Wildman–Crippen LogP) is 5.02. The van der Waals surface area contributed by atoms with E-state index in [-0.39, 0.29) is 39.5 Å². The molecule has 180 valence electrons. The number of primary amides is 1. The van der Waals surface area contributed by atoms with Gasteiger partial charge >= 0.3 is 0 Å². The van der Waals surface area contributed by atoms with E-state index in [1.807, 2.05) is 0 Å². The minimum absolute atomic E-state index is 0.0217. The lowest BCUT2D eigenvalue weighted by atomic mass is 9.63. The third-order valence-electron chi connectivity index (χ3n) is 7.15. The van der Waals surface area contributed by atoms with Crippen LogP contribution >= 0.6 is 0 Å². The van der Waals surface area contributed by atoms with Crippen LogP contribution in [0.1, 0.15) is 73.6 Å². The molecule has 4 rings (SSSR count). The molecule has 0 unspecified atom stereocenters. The number of halogens is 2. The number of carbonyl (C=O) groups is 1. The number of hydrogen-bond acceptors (Lipinski definition) is 4. The summed E-state index contributed by atoms with van der Waals surface area (Å²) in [6, 6.07) is 5.80. The molecule has 1 aliphatic rings. The van der Waals surface area contributed by atoms with Gasteiger partial charge in [-0.25, -0.2) is 4.39 Å². The molecule has 0 bridgehead atoms. The lowest BCUT2D eigenvalue weighted by molar-refractivity contribution is 0.0997. The van der Waals surface area contributed by atoms with Crippen LogP contribution in [-0.4, -0.2) is 23.0 Å². The number of aromatic nitrogens is 2. The van der Waals surface area contributed by atoms with Gasteiger partial charge in [-0.05, 0) is 48.6 Å². The molecule has 3 N–H and O–H groups in total. The SMILES string of the molecule is COc1c([C@H]2C[C@@H](C(C)(C)C)CC[C@@H]2c2cc(=O)c3c(C(N)=O)nccc3[nH]2)ccc(F)c1F. The first-order valence-corrected chi connectivity index (χ1v) is 11.4. The average molecular weight is 470 g/mol. The number of benzene rings is 1. The van der Waals surface area contributed by atoms with Gasteiger partial charge < -0.3 is 15.5 Å². The first kappa shape index (κ1) is 23.9. The standard InChI is InChI=1S/C26H29F2N3O3/c1-26(2,3)13-5-6-14(16(11-13)15-7-8-17(27)22(28)24(15)34-4)19-12-20(32)21-18(31-19)9-10-30-23(21)25(29)33/h7-10,12-14,16H,5-6,11H2,1-4H3,(H2,29,33)(H,31,32)/t13-,14-,16-/m0/s1. The maximum absolute atomic E-state index is 14.7. The molecule has 0 aliphatic heterocycles. The van der Waals surface area contributed by atoms with E-state index in [0.717, 1.165) is 25.3 Å². The molecule has 0 saturated heterocycles. The number of methoxy groups -OCH3 is 1. The maximum Gasteiger partial charge on any atom is 0.268 e. The molecular weight excluding hydrogens is 440 g/mol. The molecule has 3 aromatic rings. The zero-order valence-corrected chi connectivity index (χ0v) is 19.7. The Morgan fingerprint density at radius 2 is 1.91 bits per heavy atom. The Labute approximate surface area is 196 Å². The molecule has 2 aromatic heterocycles. The summed E-state index contributed by atoms with van der Waals surface area (Å²) in [5, 5.41) is 0.143. The summed E-state index contributed by atoms with van der Waals surface area (Å²) >= 11 is 0. The van der Waals surface area contributed by atoms with Gasteiger partial charge in [-0.15, -0.1) is 0 Å². The van der Waals surface area contributed by atoms with Crippen molar-refractivity contribution in [2.45, 2.75) is 51.9 Å². The molecule has 0 radical (unpaired) electrons. The second kappa shape index (κ2) is 8.81. The van der Waals surface area contributed by atoms with E-state index >= 15 is 0 Å². The molecule has 1 saturated carbocycles. The molecule has 1 fully saturated rings. The van der Waals surface area contributed by atoms with Gasteiger partial charge in [-0.2, -0.15) is 4.39 Å². The number of nitrogens with zero attached hydrogens (tertiary/aromatic N) is 1. The summed E-state index contributed by atoms with van der Waals surface area (Å²) in [5.41, 5.74) is 6.69. The summed E-state index contributed by atoms with van der Waals surface area (Å²) < 4.78 is 34.0. The number of aromatic amines is 1. The Bertz CT molecular complexity index is 1310. The van der Waals surface area contributed by atoms with Crippen molar-refractivity contribution < 1.29 is 18.3 Å². The normalized spacial score (nSPS) is 20.9. The zero-order valence-electron chi connectivity index (χ0n) is 19.7. The molecule has 2 heterocycles. The highest BCUT2D eigenvalue weighted by atomic mass is 19.2. The zero-order chi connectivity index (χ0) is 24.8. The van der Waals surface area contributed by atoms with Crippen molar-refractivity contribution in [3.8, 4) is 5.75 Å². The summed E-state index contributed by atoms with van der Waals surface area (Å²) in [6.07, 6.45) is 3.80. The van der Waals surface area contributed by atoms with E-state index in [9.17, 15) is 18.4 Å². The van der Waals surface area contributed by atoms with Gasteiger partial charge in [0, 0.05) is 29.4 Å². The molecule has 1 amide bonds. The van der Waals surface area contributed by atoms with Crippen molar-refractivity contribution in [2.75, 3.05) is 7.11 Å². The van der Waals surface area contributed by atoms with E-state index < -0.39 is 17.5 Å². The number of nitrogens with one attached hydrogen (secondary N) is 1. The number of fused-ring (bicyclic) bond motifs is 1. The van der Waals surface area contributed by atoms with E-state index in [4.69, 9.17) is 10.5 Å². The summed E-state index contributed by atoms with van der Waals surface area (Å²) in [4.78, 5) is 32.1. The molecule has 8 heteroatoms. The summed E-state index contributed by atoms with van der Waals surface area (Å²) in [7, 11) is 1.33. The van der Waals surface area contributed by atoms with Crippen molar-refractivity contribution in [2.24, 2.45) is 17.1 Å². The van der Waals surface area contributed by atoms with Crippen LogP contribution in [0.3, 0.4) is 0 Å². The van der Waals surface area contributed by atoms with Gasteiger partial charge in [0.25, 0.3) is 5.91 Å². The quantitative estimate of drug-likeness (QED) is 0.560. The minimum Gasteiger partial charge on any atom is -0.493 e. The van der Waals surface area contributed by atoms with Crippen LogP contribution in [-0.2, 0) is 0 Å². The van der Waals surface area contributed by atoms with Crippen LogP contribution in [0.15, 0.2) is 35.3 Å². The van der Waals surface area contributed by atoms with Crippen LogP contribution < -0.4 is 15.9 Å². The summed E-state index contributed by atoms with van der Waals surface area (Å²) in [5.74, 6) is -2.91. The second-order valence-electron chi connectivity index (χ2n) is 10.1. The van der Waals surface area contributed by atoms with Crippen molar-refractivity contribution >= 4 is 16.8 Å². The van der Waals surface area contributed by atoms with Crippen molar-refractivity contribution in [3.63, 3.8) is 0 Å². The Morgan fingerprint density at radius 3 is 2.56 bits per heavy atom. The van der Waals surface area contributed by atoms with Gasteiger partial charge in [0.05, 0.1) is 18.0 Å². The largest absolute Gasteiger partial charge is 0.493 e. The molecule has 0 spiro atoms. The van der Waals surface area contributed by atoms with Crippen molar-refractivity contribution in [1.29, 1.82) is 0 Å². The van der Waals surface area contributed by atoms with Crippen LogP contribution in [0, 0.1) is 23.0 Å². The number of hydrogen-bond donors (Lipinski definition) is 2. The van der Waals surface area contributed by atoms with Crippen molar-refractivity contribution in [3.05, 3.63) is 69.3 Å². The highest BCUT2D eigenvalue weighted by molar-refractivity contribution is 6.03. The second-order valence-corrected chi connectivity index (χ2v) is 10.1. The number of rotatable bonds is 4.